The summed E-state index contributed by atoms with van der Waals surface area (Å²) in [4.78, 5) is 1.52. The molecule has 0 amide bonds. The van der Waals surface area contributed by atoms with Crippen molar-refractivity contribution in [2.75, 3.05) is 19.6 Å². The van der Waals surface area contributed by atoms with Crippen molar-refractivity contribution >= 4 is 0 Å². The topological polar surface area (TPSA) is 29.3 Å². The summed E-state index contributed by atoms with van der Waals surface area (Å²) in [6.07, 6.45) is -0.474. The van der Waals surface area contributed by atoms with E-state index in [-0.39, 0.29) is 17.4 Å². The molecule has 1 fully saturated rings. The van der Waals surface area contributed by atoms with Crippen molar-refractivity contribution in [2.24, 2.45) is 17.1 Å². The number of alkyl halides is 3. The Balaban J connectivity index is 2.61. The fraction of sp³-hybridized carbons (Fsp3) is 1.00. The van der Waals surface area contributed by atoms with Crippen molar-refractivity contribution in [3.8, 4) is 0 Å². The first-order valence-corrected chi connectivity index (χ1v) is 7.17. The molecule has 1 saturated carbocycles. The standard InChI is InChI=1S/C14H27F3N2/c1-4-7-19(10-14(15,16)17)9-11-8-13(2,3)6-5-12(11)18/h11-12H,4-10,18H2,1-3H3. The van der Waals surface area contributed by atoms with Crippen LogP contribution in [0.4, 0.5) is 13.2 Å². The van der Waals surface area contributed by atoms with E-state index in [1.165, 1.54) is 4.90 Å². The van der Waals surface area contributed by atoms with Gasteiger partial charge < -0.3 is 5.73 Å². The summed E-state index contributed by atoms with van der Waals surface area (Å²) in [5, 5.41) is 0. The molecule has 0 radical (unpaired) electrons. The van der Waals surface area contributed by atoms with E-state index in [1.54, 1.807) is 0 Å². The molecule has 2 N–H and O–H groups in total. The molecule has 0 bridgehead atoms. The SMILES string of the molecule is CCCN(CC1CC(C)(C)CCC1N)CC(F)(F)F. The van der Waals surface area contributed by atoms with E-state index in [0.29, 0.717) is 13.1 Å². The van der Waals surface area contributed by atoms with Gasteiger partial charge >= 0.3 is 6.18 Å². The Labute approximate surface area is 114 Å². The summed E-state index contributed by atoms with van der Waals surface area (Å²) in [6.45, 7) is 6.42. The minimum absolute atomic E-state index is 0.0422. The average molecular weight is 280 g/mol. The third kappa shape index (κ3) is 6.13. The lowest BCUT2D eigenvalue weighted by Gasteiger charge is -2.41. The van der Waals surface area contributed by atoms with Crippen LogP contribution < -0.4 is 5.73 Å². The van der Waals surface area contributed by atoms with Crippen LogP contribution in [0.25, 0.3) is 0 Å². The third-order valence-electron chi connectivity index (χ3n) is 4.01. The second kappa shape index (κ2) is 6.44. The number of hydrogen-bond acceptors (Lipinski definition) is 2. The molecule has 2 atom stereocenters. The molecule has 2 nitrogen and oxygen atoms in total. The van der Waals surface area contributed by atoms with E-state index in [0.717, 1.165) is 25.7 Å². The predicted octanol–water partition coefficient (Wildman–Crippen LogP) is 3.41. The maximum absolute atomic E-state index is 12.6. The smallest absolute Gasteiger partial charge is 0.327 e. The quantitative estimate of drug-likeness (QED) is 0.836. The van der Waals surface area contributed by atoms with Crippen LogP contribution in [-0.2, 0) is 0 Å². The van der Waals surface area contributed by atoms with E-state index in [4.69, 9.17) is 5.73 Å². The van der Waals surface area contributed by atoms with Crippen LogP contribution in [0.2, 0.25) is 0 Å². The zero-order chi connectivity index (χ0) is 14.7. The molecule has 1 aliphatic carbocycles. The zero-order valence-electron chi connectivity index (χ0n) is 12.3. The molecular formula is C14H27F3N2. The minimum Gasteiger partial charge on any atom is -0.327 e. The van der Waals surface area contributed by atoms with Gasteiger partial charge in [-0.1, -0.05) is 20.8 Å². The molecule has 19 heavy (non-hydrogen) atoms. The molecule has 1 aliphatic rings. The first kappa shape index (κ1) is 16.8. The van der Waals surface area contributed by atoms with Gasteiger partial charge in [-0.25, -0.2) is 0 Å². The fourth-order valence-corrected chi connectivity index (χ4v) is 3.09. The molecule has 0 heterocycles. The molecule has 0 aromatic heterocycles. The molecule has 2 unspecified atom stereocenters. The molecule has 1 rings (SSSR count). The lowest BCUT2D eigenvalue weighted by molar-refractivity contribution is -0.148. The summed E-state index contributed by atoms with van der Waals surface area (Å²) in [7, 11) is 0. The third-order valence-corrected chi connectivity index (χ3v) is 4.01. The number of nitrogens with two attached hydrogens (primary N) is 1. The van der Waals surface area contributed by atoms with Gasteiger partial charge in [-0.2, -0.15) is 13.2 Å². The molecule has 0 aliphatic heterocycles. The van der Waals surface area contributed by atoms with E-state index >= 15 is 0 Å². The summed E-state index contributed by atoms with van der Waals surface area (Å²) in [5.74, 6) is 0.178. The Bertz CT molecular complexity index is 276. The van der Waals surface area contributed by atoms with Crippen LogP contribution in [0, 0.1) is 11.3 Å². The van der Waals surface area contributed by atoms with Gasteiger partial charge in [0.1, 0.15) is 0 Å². The van der Waals surface area contributed by atoms with Crippen LogP contribution in [-0.4, -0.2) is 36.8 Å². The number of halogens is 3. The molecule has 0 aromatic carbocycles. The monoisotopic (exact) mass is 280 g/mol. The summed E-state index contributed by atoms with van der Waals surface area (Å²) in [5.41, 5.74) is 6.31. The number of nitrogens with zero attached hydrogens (tertiary/aromatic N) is 1. The van der Waals surface area contributed by atoms with Gasteiger partial charge in [0.15, 0.2) is 0 Å². The van der Waals surface area contributed by atoms with Crippen LogP contribution in [0.3, 0.4) is 0 Å². The summed E-state index contributed by atoms with van der Waals surface area (Å²) >= 11 is 0. The Kier molecular flexibility index (Phi) is 5.68. The van der Waals surface area contributed by atoms with Crippen LogP contribution in [0.5, 0.6) is 0 Å². The second-order valence-corrected chi connectivity index (χ2v) is 6.68. The zero-order valence-corrected chi connectivity index (χ0v) is 12.3. The first-order chi connectivity index (χ1) is 8.63. The van der Waals surface area contributed by atoms with Crippen LogP contribution in [0.1, 0.15) is 46.5 Å². The normalized spacial score (nSPS) is 27.8. The first-order valence-electron chi connectivity index (χ1n) is 7.17. The van der Waals surface area contributed by atoms with Gasteiger partial charge in [-0.3, -0.25) is 4.90 Å². The maximum Gasteiger partial charge on any atom is 0.401 e. The summed E-state index contributed by atoms with van der Waals surface area (Å²) in [6, 6.07) is 0.0422. The van der Waals surface area contributed by atoms with E-state index < -0.39 is 12.7 Å². The number of hydrogen-bond donors (Lipinski definition) is 1. The molecule has 0 aromatic rings. The maximum atomic E-state index is 12.6. The Hall–Kier alpha value is -0.290. The average Bonchev–Trinajstić information content (AvgIpc) is 2.21. The van der Waals surface area contributed by atoms with Gasteiger partial charge in [-0.05, 0) is 43.6 Å². The van der Waals surface area contributed by atoms with Gasteiger partial charge in [0, 0.05) is 12.6 Å². The highest BCUT2D eigenvalue weighted by molar-refractivity contribution is 4.88. The predicted molar refractivity (Wildman–Crippen MR) is 71.9 cm³/mol. The lowest BCUT2D eigenvalue weighted by Crippen LogP contribution is -2.47. The second-order valence-electron chi connectivity index (χ2n) is 6.68. The van der Waals surface area contributed by atoms with Gasteiger partial charge in [0.25, 0.3) is 0 Å². The van der Waals surface area contributed by atoms with E-state index in [2.05, 4.69) is 13.8 Å². The fourth-order valence-electron chi connectivity index (χ4n) is 3.09. The molecular weight excluding hydrogens is 253 g/mol. The highest BCUT2D eigenvalue weighted by atomic mass is 19.4. The number of rotatable bonds is 5. The minimum atomic E-state index is -4.12. The Morgan fingerprint density at radius 2 is 1.95 bits per heavy atom. The van der Waals surface area contributed by atoms with E-state index in [9.17, 15) is 13.2 Å². The molecule has 5 heteroatoms. The Morgan fingerprint density at radius 3 is 2.47 bits per heavy atom. The van der Waals surface area contributed by atoms with E-state index in [1.807, 2.05) is 6.92 Å². The van der Waals surface area contributed by atoms with Crippen molar-refractivity contribution in [1.29, 1.82) is 0 Å². The van der Waals surface area contributed by atoms with Crippen molar-refractivity contribution in [1.82, 2.24) is 4.90 Å². The van der Waals surface area contributed by atoms with Gasteiger partial charge in [-0.15, -0.1) is 0 Å². The largest absolute Gasteiger partial charge is 0.401 e. The van der Waals surface area contributed by atoms with Crippen LogP contribution >= 0.6 is 0 Å². The van der Waals surface area contributed by atoms with Crippen LogP contribution in [0.15, 0.2) is 0 Å². The molecule has 0 spiro atoms. The van der Waals surface area contributed by atoms with Gasteiger partial charge in [0.2, 0.25) is 0 Å². The Morgan fingerprint density at radius 1 is 1.32 bits per heavy atom. The highest BCUT2D eigenvalue weighted by Gasteiger charge is 2.36. The van der Waals surface area contributed by atoms with Crippen molar-refractivity contribution in [2.45, 2.75) is 58.7 Å². The lowest BCUT2D eigenvalue weighted by atomic mass is 9.70. The highest BCUT2D eigenvalue weighted by Crippen LogP contribution is 2.38. The van der Waals surface area contributed by atoms with Crippen molar-refractivity contribution in [3.63, 3.8) is 0 Å². The molecule has 114 valence electrons. The summed E-state index contributed by atoms with van der Waals surface area (Å²) < 4.78 is 37.7. The van der Waals surface area contributed by atoms with Gasteiger partial charge in [0.05, 0.1) is 6.54 Å². The van der Waals surface area contributed by atoms with Crippen molar-refractivity contribution < 1.29 is 13.2 Å². The van der Waals surface area contributed by atoms with Crippen molar-refractivity contribution in [3.05, 3.63) is 0 Å². The molecule has 0 saturated heterocycles.